The largest absolute Gasteiger partial charge is 0.497 e. The Labute approximate surface area is 192 Å². The molecular formula is C25H39N3O4. The molecule has 1 atom stereocenters. The molecule has 32 heavy (non-hydrogen) atoms. The van der Waals surface area contributed by atoms with Crippen molar-refractivity contribution in [2.45, 2.75) is 57.2 Å². The summed E-state index contributed by atoms with van der Waals surface area (Å²) in [4.78, 5) is 17.7. The molecule has 3 aliphatic rings. The molecule has 0 radical (unpaired) electrons. The van der Waals surface area contributed by atoms with Gasteiger partial charge in [0.15, 0.2) is 0 Å². The number of hydrogen-bond acceptors (Lipinski definition) is 6. The van der Waals surface area contributed by atoms with Crippen molar-refractivity contribution in [1.29, 1.82) is 0 Å². The lowest BCUT2D eigenvalue weighted by molar-refractivity contribution is -0.127. The van der Waals surface area contributed by atoms with Gasteiger partial charge < -0.3 is 24.4 Å². The molecule has 0 aliphatic carbocycles. The summed E-state index contributed by atoms with van der Waals surface area (Å²) in [7, 11) is 3.39. The first-order valence-corrected chi connectivity index (χ1v) is 12.2. The van der Waals surface area contributed by atoms with Crippen LogP contribution in [0, 0.1) is 5.92 Å². The van der Waals surface area contributed by atoms with Gasteiger partial charge in [-0.2, -0.15) is 0 Å². The number of piperidine rings is 2. The minimum Gasteiger partial charge on any atom is -0.497 e. The molecule has 0 aromatic heterocycles. The molecule has 3 aliphatic heterocycles. The highest BCUT2D eigenvalue weighted by Gasteiger charge is 2.31. The zero-order chi connectivity index (χ0) is 22.3. The Morgan fingerprint density at radius 1 is 1.00 bits per heavy atom. The minimum atomic E-state index is 0.163. The van der Waals surface area contributed by atoms with E-state index in [1.54, 1.807) is 14.2 Å². The standard InChI is InChI=1S/C25H39N3O4/c1-30-23-14-19(15-24(16-23)31-2)18-27-9-7-21(8-10-27)28-11-5-20(6-12-28)25(29)26-17-22-4-3-13-32-22/h14-16,20-22H,3-13,17-18H2,1-2H3,(H,26,29)/t22-/m0/s1. The fourth-order valence-electron chi connectivity index (χ4n) is 5.35. The summed E-state index contributed by atoms with van der Waals surface area (Å²) in [6.07, 6.45) is 6.74. The number of methoxy groups -OCH3 is 2. The number of benzene rings is 1. The van der Waals surface area contributed by atoms with Crippen LogP contribution in [-0.2, 0) is 16.1 Å². The van der Waals surface area contributed by atoms with Crippen molar-refractivity contribution in [3.8, 4) is 11.5 Å². The number of carbonyl (C=O) groups is 1. The van der Waals surface area contributed by atoms with E-state index in [4.69, 9.17) is 14.2 Å². The molecule has 7 nitrogen and oxygen atoms in total. The summed E-state index contributed by atoms with van der Waals surface area (Å²) in [6.45, 7) is 6.72. The van der Waals surface area contributed by atoms with Gasteiger partial charge in [-0.1, -0.05) is 0 Å². The van der Waals surface area contributed by atoms with E-state index in [0.29, 0.717) is 12.6 Å². The third kappa shape index (κ3) is 6.15. The first kappa shape index (κ1) is 23.3. The van der Waals surface area contributed by atoms with Crippen molar-refractivity contribution < 1.29 is 19.0 Å². The Kier molecular flexibility index (Phi) is 8.27. The van der Waals surface area contributed by atoms with Gasteiger partial charge in [0, 0.05) is 37.7 Å². The van der Waals surface area contributed by atoms with E-state index in [9.17, 15) is 4.79 Å². The number of amides is 1. The lowest BCUT2D eigenvalue weighted by Gasteiger charge is -2.41. The SMILES string of the molecule is COc1cc(CN2CCC(N3CCC(C(=O)NC[C@@H]4CCCO4)CC3)CC2)cc(OC)c1. The van der Waals surface area contributed by atoms with Crippen LogP contribution in [0.2, 0.25) is 0 Å². The molecule has 1 aromatic carbocycles. The molecule has 178 valence electrons. The fraction of sp³-hybridized carbons (Fsp3) is 0.720. The normalized spacial score (nSPS) is 23.9. The van der Waals surface area contributed by atoms with E-state index in [1.165, 1.54) is 18.4 Å². The molecule has 1 amide bonds. The maximum Gasteiger partial charge on any atom is 0.223 e. The van der Waals surface area contributed by atoms with Crippen molar-refractivity contribution in [1.82, 2.24) is 15.1 Å². The molecule has 0 spiro atoms. The van der Waals surface area contributed by atoms with Crippen LogP contribution < -0.4 is 14.8 Å². The van der Waals surface area contributed by atoms with Gasteiger partial charge >= 0.3 is 0 Å². The van der Waals surface area contributed by atoms with Gasteiger partial charge in [-0.05, 0) is 82.4 Å². The average Bonchev–Trinajstić information content (AvgIpc) is 3.36. The highest BCUT2D eigenvalue weighted by Crippen LogP contribution is 2.27. The van der Waals surface area contributed by atoms with Crippen LogP contribution in [0.15, 0.2) is 18.2 Å². The minimum absolute atomic E-state index is 0.163. The van der Waals surface area contributed by atoms with Gasteiger partial charge in [0.2, 0.25) is 5.91 Å². The van der Waals surface area contributed by atoms with Crippen LogP contribution in [0.3, 0.4) is 0 Å². The Balaban J connectivity index is 1.18. The zero-order valence-electron chi connectivity index (χ0n) is 19.7. The molecule has 0 saturated carbocycles. The molecule has 3 saturated heterocycles. The van der Waals surface area contributed by atoms with Crippen LogP contribution in [-0.4, -0.2) is 81.4 Å². The summed E-state index contributed by atoms with van der Waals surface area (Å²) in [5.41, 5.74) is 1.23. The number of likely N-dealkylation sites (tertiary alicyclic amines) is 2. The number of nitrogens with one attached hydrogen (secondary N) is 1. The quantitative estimate of drug-likeness (QED) is 0.664. The summed E-state index contributed by atoms with van der Waals surface area (Å²) < 4.78 is 16.4. The molecule has 3 heterocycles. The second-order valence-electron chi connectivity index (χ2n) is 9.42. The number of carbonyl (C=O) groups excluding carboxylic acids is 1. The van der Waals surface area contributed by atoms with E-state index < -0.39 is 0 Å². The fourth-order valence-corrected chi connectivity index (χ4v) is 5.35. The van der Waals surface area contributed by atoms with Crippen molar-refractivity contribution in [3.63, 3.8) is 0 Å². The molecular weight excluding hydrogens is 406 g/mol. The van der Waals surface area contributed by atoms with Gasteiger partial charge in [-0.3, -0.25) is 9.69 Å². The number of ether oxygens (including phenoxy) is 3. The lowest BCUT2D eigenvalue weighted by Crippen LogP contribution is -2.49. The van der Waals surface area contributed by atoms with E-state index in [0.717, 1.165) is 76.5 Å². The molecule has 4 rings (SSSR count). The van der Waals surface area contributed by atoms with Crippen LogP contribution in [0.25, 0.3) is 0 Å². The van der Waals surface area contributed by atoms with Gasteiger partial charge in [0.25, 0.3) is 0 Å². The van der Waals surface area contributed by atoms with Gasteiger partial charge in [-0.25, -0.2) is 0 Å². The van der Waals surface area contributed by atoms with E-state index in [1.807, 2.05) is 6.07 Å². The van der Waals surface area contributed by atoms with Crippen LogP contribution in [0.4, 0.5) is 0 Å². The van der Waals surface area contributed by atoms with Crippen LogP contribution >= 0.6 is 0 Å². The monoisotopic (exact) mass is 445 g/mol. The van der Waals surface area contributed by atoms with E-state index >= 15 is 0 Å². The molecule has 0 bridgehead atoms. The van der Waals surface area contributed by atoms with Gasteiger partial charge in [0.1, 0.15) is 11.5 Å². The summed E-state index contributed by atoms with van der Waals surface area (Å²) in [5, 5.41) is 3.13. The van der Waals surface area contributed by atoms with Crippen molar-refractivity contribution in [3.05, 3.63) is 23.8 Å². The first-order valence-electron chi connectivity index (χ1n) is 12.2. The maximum atomic E-state index is 12.5. The molecule has 1 N–H and O–H groups in total. The predicted octanol–water partition coefficient (Wildman–Crippen LogP) is 2.68. The highest BCUT2D eigenvalue weighted by molar-refractivity contribution is 5.78. The molecule has 7 heteroatoms. The van der Waals surface area contributed by atoms with Crippen LogP contribution in [0.1, 0.15) is 44.1 Å². The van der Waals surface area contributed by atoms with Gasteiger partial charge in [0.05, 0.1) is 20.3 Å². The Morgan fingerprint density at radius 2 is 1.69 bits per heavy atom. The lowest BCUT2D eigenvalue weighted by atomic mass is 9.92. The Morgan fingerprint density at radius 3 is 2.28 bits per heavy atom. The molecule has 1 aromatic rings. The Bertz CT molecular complexity index is 714. The average molecular weight is 446 g/mol. The maximum absolute atomic E-state index is 12.5. The second-order valence-corrected chi connectivity index (χ2v) is 9.42. The van der Waals surface area contributed by atoms with Crippen molar-refractivity contribution >= 4 is 5.91 Å². The number of hydrogen-bond donors (Lipinski definition) is 1. The Hall–Kier alpha value is -1.83. The zero-order valence-corrected chi connectivity index (χ0v) is 19.7. The third-order valence-corrected chi connectivity index (χ3v) is 7.32. The first-order chi connectivity index (χ1) is 15.6. The van der Waals surface area contributed by atoms with Crippen molar-refractivity contribution in [2.24, 2.45) is 5.92 Å². The number of rotatable bonds is 8. The summed E-state index contributed by atoms with van der Waals surface area (Å²) >= 11 is 0. The van der Waals surface area contributed by atoms with E-state index in [-0.39, 0.29) is 17.9 Å². The topological polar surface area (TPSA) is 63.3 Å². The number of nitrogens with zero attached hydrogens (tertiary/aromatic N) is 2. The summed E-state index contributed by atoms with van der Waals surface area (Å²) in [5.74, 6) is 2.08. The smallest absolute Gasteiger partial charge is 0.223 e. The second kappa shape index (κ2) is 11.3. The van der Waals surface area contributed by atoms with Gasteiger partial charge in [-0.15, -0.1) is 0 Å². The van der Waals surface area contributed by atoms with Crippen LogP contribution in [0.5, 0.6) is 11.5 Å². The van der Waals surface area contributed by atoms with E-state index in [2.05, 4.69) is 27.2 Å². The third-order valence-electron chi connectivity index (χ3n) is 7.32. The predicted molar refractivity (Wildman–Crippen MR) is 124 cm³/mol. The molecule has 0 unspecified atom stereocenters. The van der Waals surface area contributed by atoms with Crippen molar-refractivity contribution in [2.75, 3.05) is 53.6 Å². The summed E-state index contributed by atoms with van der Waals surface area (Å²) in [6, 6.07) is 6.76. The molecule has 3 fully saturated rings. The highest BCUT2D eigenvalue weighted by atomic mass is 16.5.